The molecule has 2 aromatic carbocycles. The Bertz CT molecular complexity index is 1170. The number of halogens is 3. The molecule has 0 radical (unpaired) electrons. The monoisotopic (exact) mass is 438 g/mol. The average molecular weight is 438 g/mol. The van der Waals surface area contributed by atoms with Crippen molar-refractivity contribution in [2.24, 2.45) is 0 Å². The summed E-state index contributed by atoms with van der Waals surface area (Å²) in [6, 6.07) is 8.01. The molecule has 0 fully saturated rings. The van der Waals surface area contributed by atoms with E-state index in [1.165, 1.54) is 38.4 Å². The highest BCUT2D eigenvalue weighted by Gasteiger charge is 2.29. The van der Waals surface area contributed by atoms with E-state index in [0.29, 0.717) is 5.56 Å². The molecule has 0 spiro atoms. The molecule has 0 unspecified atom stereocenters. The van der Waals surface area contributed by atoms with E-state index in [1.54, 1.807) is 7.05 Å². The van der Waals surface area contributed by atoms with E-state index >= 15 is 0 Å². The molecule has 1 aromatic heterocycles. The second kappa shape index (κ2) is 8.53. The number of alkyl halides is 1. The molecule has 160 valence electrons. The molecular formula is C21H21F3N2O3S. The lowest BCUT2D eigenvalue weighted by molar-refractivity contribution is 0.373. The van der Waals surface area contributed by atoms with Crippen molar-refractivity contribution >= 4 is 10.0 Å². The van der Waals surface area contributed by atoms with Crippen LogP contribution in [0.15, 0.2) is 53.6 Å². The van der Waals surface area contributed by atoms with Gasteiger partial charge in [-0.1, -0.05) is 6.07 Å². The summed E-state index contributed by atoms with van der Waals surface area (Å²) in [6.07, 6.45) is -0.241. The Balaban J connectivity index is 2.38. The molecule has 9 heteroatoms. The molecule has 0 saturated carbocycles. The molecule has 1 heterocycles. The van der Waals surface area contributed by atoms with Crippen molar-refractivity contribution in [3.05, 3.63) is 71.4 Å². The van der Waals surface area contributed by atoms with E-state index in [2.05, 4.69) is 5.32 Å². The third kappa shape index (κ3) is 3.95. The van der Waals surface area contributed by atoms with Gasteiger partial charge in [-0.15, -0.1) is 0 Å². The average Bonchev–Trinajstić information content (AvgIpc) is 3.07. The maximum absolute atomic E-state index is 14.3. The Morgan fingerprint density at radius 3 is 2.43 bits per heavy atom. The minimum absolute atomic E-state index is 0.0295. The molecule has 0 aliphatic heterocycles. The number of aromatic nitrogens is 1. The van der Waals surface area contributed by atoms with E-state index in [0.717, 1.165) is 28.2 Å². The second-order valence-electron chi connectivity index (χ2n) is 6.67. The zero-order valence-electron chi connectivity index (χ0n) is 16.6. The molecule has 3 aromatic rings. The summed E-state index contributed by atoms with van der Waals surface area (Å²) >= 11 is 0. The number of hydrogen-bond acceptors (Lipinski definition) is 4. The SMILES string of the molecule is CNCc1cn(S(=O)(=O)c2cccc(F)c2)c(-c2ccc(F)cc2[C@H](C)F)c1OC. The topological polar surface area (TPSA) is 60.3 Å². The van der Waals surface area contributed by atoms with Gasteiger partial charge in [-0.3, -0.25) is 0 Å². The van der Waals surface area contributed by atoms with Gasteiger partial charge in [0.2, 0.25) is 0 Å². The summed E-state index contributed by atoms with van der Waals surface area (Å²) in [5.41, 5.74) is 0.645. The lowest BCUT2D eigenvalue weighted by Gasteiger charge is -2.16. The van der Waals surface area contributed by atoms with Gasteiger partial charge < -0.3 is 10.1 Å². The quantitative estimate of drug-likeness (QED) is 0.593. The van der Waals surface area contributed by atoms with Crippen molar-refractivity contribution in [1.29, 1.82) is 0 Å². The number of benzene rings is 2. The zero-order chi connectivity index (χ0) is 22.1. The van der Waals surface area contributed by atoms with Gasteiger partial charge in [0.25, 0.3) is 10.0 Å². The highest BCUT2D eigenvalue weighted by molar-refractivity contribution is 7.90. The first-order valence-corrected chi connectivity index (χ1v) is 10.5. The predicted molar refractivity (Wildman–Crippen MR) is 108 cm³/mol. The van der Waals surface area contributed by atoms with Crippen molar-refractivity contribution in [3.8, 4) is 17.0 Å². The van der Waals surface area contributed by atoms with E-state index in [1.807, 2.05) is 0 Å². The Hall–Kier alpha value is -2.78. The minimum atomic E-state index is -4.27. The third-order valence-corrected chi connectivity index (χ3v) is 6.28. The van der Waals surface area contributed by atoms with E-state index in [-0.39, 0.29) is 34.0 Å². The Morgan fingerprint density at radius 1 is 1.13 bits per heavy atom. The highest BCUT2D eigenvalue weighted by Crippen LogP contribution is 2.41. The number of ether oxygens (including phenoxy) is 1. The molecule has 0 bridgehead atoms. The number of rotatable bonds is 7. The molecule has 30 heavy (non-hydrogen) atoms. The summed E-state index contributed by atoms with van der Waals surface area (Å²) in [5.74, 6) is -1.18. The van der Waals surface area contributed by atoms with Crippen molar-refractivity contribution in [1.82, 2.24) is 9.29 Å². The fraction of sp³-hybridized carbons (Fsp3) is 0.238. The maximum Gasteiger partial charge on any atom is 0.268 e. The molecule has 3 rings (SSSR count). The Morgan fingerprint density at radius 2 is 1.83 bits per heavy atom. The van der Waals surface area contributed by atoms with E-state index < -0.39 is 27.8 Å². The molecule has 0 aliphatic carbocycles. The Kier molecular flexibility index (Phi) is 6.23. The van der Waals surface area contributed by atoms with Gasteiger partial charge in [0, 0.05) is 23.9 Å². The van der Waals surface area contributed by atoms with Crippen LogP contribution in [0.3, 0.4) is 0 Å². The van der Waals surface area contributed by atoms with Crippen LogP contribution in [0.2, 0.25) is 0 Å². The summed E-state index contributed by atoms with van der Waals surface area (Å²) in [5, 5.41) is 2.92. The second-order valence-corrected chi connectivity index (χ2v) is 8.49. The third-order valence-electron chi connectivity index (χ3n) is 4.62. The van der Waals surface area contributed by atoms with Crippen molar-refractivity contribution < 1.29 is 26.3 Å². The van der Waals surface area contributed by atoms with Crippen LogP contribution in [0.5, 0.6) is 5.75 Å². The van der Waals surface area contributed by atoms with E-state index in [4.69, 9.17) is 4.74 Å². The Labute approximate surface area is 173 Å². The molecule has 1 atom stereocenters. The molecule has 0 saturated heterocycles. The summed E-state index contributed by atoms with van der Waals surface area (Å²) in [7, 11) is -1.24. The molecular weight excluding hydrogens is 417 g/mol. The first-order chi connectivity index (χ1) is 14.2. The predicted octanol–water partition coefficient (Wildman–Crippen LogP) is 4.43. The zero-order valence-corrected chi connectivity index (χ0v) is 17.4. The molecule has 5 nitrogen and oxygen atoms in total. The lowest BCUT2D eigenvalue weighted by atomic mass is 10.0. The summed E-state index contributed by atoms with van der Waals surface area (Å²) in [4.78, 5) is -0.283. The van der Waals surface area contributed by atoms with Crippen LogP contribution in [0, 0.1) is 11.6 Å². The fourth-order valence-corrected chi connectivity index (χ4v) is 4.74. The van der Waals surface area contributed by atoms with Crippen LogP contribution < -0.4 is 10.1 Å². The first kappa shape index (κ1) is 21.9. The van der Waals surface area contributed by atoms with Crippen LogP contribution in [-0.4, -0.2) is 26.5 Å². The van der Waals surface area contributed by atoms with Crippen LogP contribution in [0.4, 0.5) is 13.2 Å². The smallest absolute Gasteiger partial charge is 0.268 e. The van der Waals surface area contributed by atoms with Crippen molar-refractivity contribution in [3.63, 3.8) is 0 Å². The maximum atomic E-state index is 14.3. The van der Waals surface area contributed by atoms with Gasteiger partial charge in [0.15, 0.2) is 0 Å². The normalized spacial score (nSPS) is 12.7. The molecule has 0 amide bonds. The summed E-state index contributed by atoms with van der Waals surface area (Å²) in [6.45, 7) is 1.48. The standard InChI is InChI=1S/C21H21F3N2O3S/c1-13(22)19-10-16(24)7-8-18(19)20-21(29-3)14(11-25-2)12-26(20)30(27,28)17-6-4-5-15(23)9-17/h4-10,12-13,25H,11H2,1-3H3/t13-/m0/s1. The van der Waals surface area contributed by atoms with Crippen LogP contribution in [-0.2, 0) is 16.6 Å². The van der Waals surface area contributed by atoms with Gasteiger partial charge in [-0.05, 0) is 55.9 Å². The van der Waals surface area contributed by atoms with Crippen molar-refractivity contribution in [2.75, 3.05) is 14.2 Å². The molecule has 0 aliphatic rings. The lowest BCUT2D eigenvalue weighted by Crippen LogP contribution is -2.14. The van der Waals surface area contributed by atoms with E-state index in [9.17, 15) is 21.6 Å². The highest BCUT2D eigenvalue weighted by atomic mass is 32.2. The number of hydrogen-bond donors (Lipinski definition) is 1. The van der Waals surface area contributed by atoms with Gasteiger partial charge in [-0.25, -0.2) is 25.6 Å². The van der Waals surface area contributed by atoms with Crippen LogP contribution in [0.25, 0.3) is 11.3 Å². The summed E-state index contributed by atoms with van der Waals surface area (Å²) < 4.78 is 75.0. The van der Waals surface area contributed by atoms with Crippen LogP contribution >= 0.6 is 0 Å². The van der Waals surface area contributed by atoms with Gasteiger partial charge in [0.05, 0.1) is 12.0 Å². The largest absolute Gasteiger partial charge is 0.494 e. The van der Waals surface area contributed by atoms with Crippen molar-refractivity contribution in [2.45, 2.75) is 24.5 Å². The first-order valence-electron chi connectivity index (χ1n) is 9.08. The fourth-order valence-electron chi connectivity index (χ4n) is 3.31. The van der Waals surface area contributed by atoms with Gasteiger partial charge in [0.1, 0.15) is 29.2 Å². The van der Waals surface area contributed by atoms with Gasteiger partial charge >= 0.3 is 0 Å². The number of nitrogens with zero attached hydrogens (tertiary/aromatic N) is 1. The number of nitrogens with one attached hydrogen (secondary N) is 1. The van der Waals surface area contributed by atoms with Gasteiger partial charge in [-0.2, -0.15) is 0 Å². The number of methoxy groups -OCH3 is 1. The minimum Gasteiger partial charge on any atom is -0.494 e. The van der Waals surface area contributed by atoms with Crippen LogP contribution in [0.1, 0.15) is 24.2 Å². The molecule has 1 N–H and O–H groups in total.